The third kappa shape index (κ3) is 1.76. The third-order valence-corrected chi connectivity index (χ3v) is 2.79. The van der Waals surface area contributed by atoms with Gasteiger partial charge in [-0.25, -0.2) is 4.98 Å². The van der Waals surface area contributed by atoms with Gasteiger partial charge in [0.05, 0.1) is 10.6 Å². The molecular formula is C10H10N2S. The number of fused-ring (bicyclic) bond motifs is 1. The summed E-state index contributed by atoms with van der Waals surface area (Å²) < 4.78 is 0. The summed E-state index contributed by atoms with van der Waals surface area (Å²) in [6.45, 7) is 0.521. The SMILES string of the molecule is NCc1nc2c(s1)C=CC=CC=C2. The second-order valence-electron chi connectivity index (χ2n) is 2.66. The normalized spacial score (nSPS) is 13.9. The Morgan fingerprint density at radius 3 is 2.69 bits per heavy atom. The summed E-state index contributed by atoms with van der Waals surface area (Å²) in [6.07, 6.45) is 12.1. The lowest BCUT2D eigenvalue weighted by molar-refractivity contribution is 1.03. The fraction of sp³-hybridized carbons (Fsp3) is 0.100. The van der Waals surface area contributed by atoms with Gasteiger partial charge in [-0.15, -0.1) is 11.3 Å². The van der Waals surface area contributed by atoms with Gasteiger partial charge >= 0.3 is 0 Å². The minimum atomic E-state index is 0.521. The van der Waals surface area contributed by atoms with Crippen LogP contribution in [0.5, 0.6) is 0 Å². The molecule has 2 nitrogen and oxygen atoms in total. The lowest BCUT2D eigenvalue weighted by Crippen LogP contribution is -1.94. The van der Waals surface area contributed by atoms with Crippen molar-refractivity contribution in [3.63, 3.8) is 0 Å². The van der Waals surface area contributed by atoms with Crippen LogP contribution in [0.4, 0.5) is 0 Å². The Kier molecular flexibility index (Phi) is 2.38. The molecule has 2 N–H and O–H groups in total. The summed E-state index contributed by atoms with van der Waals surface area (Å²) in [4.78, 5) is 5.57. The lowest BCUT2D eigenvalue weighted by atomic mass is 10.2. The first kappa shape index (κ1) is 8.41. The number of thiazole rings is 1. The van der Waals surface area contributed by atoms with E-state index in [2.05, 4.69) is 11.1 Å². The molecule has 0 aromatic carbocycles. The molecular weight excluding hydrogens is 180 g/mol. The highest BCUT2D eigenvalue weighted by Crippen LogP contribution is 2.22. The van der Waals surface area contributed by atoms with Crippen LogP contribution in [-0.2, 0) is 6.54 Å². The van der Waals surface area contributed by atoms with E-state index in [9.17, 15) is 0 Å². The maximum atomic E-state index is 5.52. The van der Waals surface area contributed by atoms with Crippen molar-refractivity contribution < 1.29 is 0 Å². The van der Waals surface area contributed by atoms with Crippen LogP contribution in [0.3, 0.4) is 0 Å². The van der Waals surface area contributed by atoms with E-state index in [1.165, 1.54) is 4.88 Å². The van der Waals surface area contributed by atoms with Gasteiger partial charge in [-0.2, -0.15) is 0 Å². The fourth-order valence-electron chi connectivity index (χ4n) is 1.14. The average Bonchev–Trinajstić information content (AvgIpc) is 2.47. The zero-order valence-corrected chi connectivity index (χ0v) is 7.92. The van der Waals surface area contributed by atoms with Gasteiger partial charge in [0.2, 0.25) is 0 Å². The summed E-state index contributed by atoms with van der Waals surface area (Å²) in [5.74, 6) is 0. The van der Waals surface area contributed by atoms with Crippen LogP contribution in [0.1, 0.15) is 15.6 Å². The molecule has 0 spiro atoms. The molecule has 1 aliphatic rings. The molecule has 1 aliphatic carbocycles. The fourth-order valence-corrected chi connectivity index (χ4v) is 1.98. The molecule has 0 fully saturated rings. The topological polar surface area (TPSA) is 38.9 Å². The van der Waals surface area contributed by atoms with Crippen molar-refractivity contribution in [2.45, 2.75) is 6.54 Å². The van der Waals surface area contributed by atoms with Crippen molar-refractivity contribution >= 4 is 23.5 Å². The Hall–Kier alpha value is -1.19. The molecule has 1 heterocycles. The number of nitrogens with zero attached hydrogens (tertiary/aromatic N) is 1. The van der Waals surface area contributed by atoms with Gasteiger partial charge in [0.15, 0.2) is 0 Å². The maximum Gasteiger partial charge on any atom is 0.107 e. The minimum absolute atomic E-state index is 0.521. The molecule has 2 rings (SSSR count). The molecule has 1 aromatic heterocycles. The number of allylic oxidation sites excluding steroid dienone is 4. The highest BCUT2D eigenvalue weighted by Gasteiger charge is 2.04. The first-order valence-electron chi connectivity index (χ1n) is 4.11. The summed E-state index contributed by atoms with van der Waals surface area (Å²) in [5, 5.41) is 0.987. The summed E-state index contributed by atoms with van der Waals surface area (Å²) in [7, 11) is 0. The van der Waals surface area contributed by atoms with E-state index in [4.69, 9.17) is 5.73 Å². The molecule has 0 saturated carbocycles. The quantitative estimate of drug-likeness (QED) is 0.737. The Bertz CT molecular complexity index is 352. The van der Waals surface area contributed by atoms with E-state index in [0.717, 1.165) is 10.7 Å². The monoisotopic (exact) mass is 190 g/mol. The number of nitrogens with two attached hydrogens (primary N) is 1. The van der Waals surface area contributed by atoms with E-state index in [1.54, 1.807) is 11.3 Å². The Morgan fingerprint density at radius 1 is 1.15 bits per heavy atom. The van der Waals surface area contributed by atoms with E-state index < -0.39 is 0 Å². The van der Waals surface area contributed by atoms with Crippen LogP contribution in [0.2, 0.25) is 0 Å². The zero-order chi connectivity index (χ0) is 9.10. The van der Waals surface area contributed by atoms with Crippen molar-refractivity contribution in [2.75, 3.05) is 0 Å². The van der Waals surface area contributed by atoms with E-state index in [1.807, 2.05) is 30.4 Å². The standard InChI is InChI=1S/C10H10N2S/c11-7-10-12-8-5-3-1-2-4-6-9(8)13-10/h1-6H,7,11H2. The lowest BCUT2D eigenvalue weighted by Gasteiger charge is -1.89. The molecule has 66 valence electrons. The van der Waals surface area contributed by atoms with Gasteiger partial charge < -0.3 is 5.73 Å². The first-order valence-corrected chi connectivity index (χ1v) is 4.93. The van der Waals surface area contributed by atoms with E-state index in [-0.39, 0.29) is 0 Å². The van der Waals surface area contributed by atoms with Gasteiger partial charge in [-0.05, 0) is 12.2 Å². The largest absolute Gasteiger partial charge is 0.325 e. The average molecular weight is 190 g/mol. The summed E-state index contributed by atoms with van der Waals surface area (Å²) >= 11 is 1.65. The molecule has 0 bridgehead atoms. The molecule has 0 atom stereocenters. The van der Waals surface area contributed by atoms with Gasteiger partial charge in [0, 0.05) is 6.54 Å². The van der Waals surface area contributed by atoms with Crippen molar-refractivity contribution in [3.8, 4) is 0 Å². The Morgan fingerprint density at radius 2 is 1.92 bits per heavy atom. The smallest absolute Gasteiger partial charge is 0.107 e. The third-order valence-electron chi connectivity index (χ3n) is 1.74. The van der Waals surface area contributed by atoms with Crippen LogP contribution >= 0.6 is 11.3 Å². The van der Waals surface area contributed by atoms with E-state index in [0.29, 0.717) is 6.54 Å². The number of aromatic nitrogens is 1. The molecule has 0 saturated heterocycles. The highest BCUT2D eigenvalue weighted by atomic mass is 32.1. The van der Waals surface area contributed by atoms with Gasteiger partial charge in [0.1, 0.15) is 5.01 Å². The highest BCUT2D eigenvalue weighted by molar-refractivity contribution is 7.12. The van der Waals surface area contributed by atoms with Crippen molar-refractivity contribution in [3.05, 3.63) is 39.9 Å². The summed E-state index contributed by atoms with van der Waals surface area (Å²) in [6, 6.07) is 0. The predicted octanol–water partition coefficient (Wildman–Crippen LogP) is 2.20. The van der Waals surface area contributed by atoms with Crippen LogP contribution in [0.15, 0.2) is 24.3 Å². The Labute approximate surface area is 81.1 Å². The van der Waals surface area contributed by atoms with Gasteiger partial charge in [-0.3, -0.25) is 0 Å². The number of hydrogen-bond donors (Lipinski definition) is 1. The second kappa shape index (κ2) is 3.68. The predicted molar refractivity (Wildman–Crippen MR) is 57.2 cm³/mol. The molecule has 0 unspecified atom stereocenters. The van der Waals surface area contributed by atoms with Crippen LogP contribution in [0.25, 0.3) is 12.2 Å². The minimum Gasteiger partial charge on any atom is -0.325 e. The molecule has 13 heavy (non-hydrogen) atoms. The van der Waals surface area contributed by atoms with Crippen LogP contribution in [0, 0.1) is 0 Å². The molecule has 0 radical (unpaired) electrons. The number of rotatable bonds is 1. The van der Waals surface area contributed by atoms with Crippen molar-refractivity contribution in [2.24, 2.45) is 5.73 Å². The second-order valence-corrected chi connectivity index (χ2v) is 3.78. The summed E-state index contributed by atoms with van der Waals surface area (Å²) in [5.41, 5.74) is 6.54. The van der Waals surface area contributed by atoms with Gasteiger partial charge in [0.25, 0.3) is 0 Å². The van der Waals surface area contributed by atoms with Crippen molar-refractivity contribution in [1.82, 2.24) is 4.98 Å². The van der Waals surface area contributed by atoms with Gasteiger partial charge in [-0.1, -0.05) is 24.3 Å². The maximum absolute atomic E-state index is 5.52. The van der Waals surface area contributed by atoms with Crippen molar-refractivity contribution in [1.29, 1.82) is 0 Å². The molecule has 0 amide bonds. The Balaban J connectivity index is 2.46. The molecule has 1 aromatic rings. The van der Waals surface area contributed by atoms with Crippen LogP contribution in [-0.4, -0.2) is 4.98 Å². The zero-order valence-electron chi connectivity index (χ0n) is 7.10. The molecule has 0 aliphatic heterocycles. The van der Waals surface area contributed by atoms with Crippen LogP contribution < -0.4 is 5.73 Å². The number of hydrogen-bond acceptors (Lipinski definition) is 3. The molecule has 3 heteroatoms. The van der Waals surface area contributed by atoms with E-state index >= 15 is 0 Å². The first-order chi connectivity index (χ1) is 6.40.